The zero-order valence-corrected chi connectivity index (χ0v) is 13.9. The number of carbonyl (C=O) groups excluding carboxylic acids is 1. The number of nitrogens with one attached hydrogen (secondary N) is 1. The summed E-state index contributed by atoms with van der Waals surface area (Å²) in [4.78, 5) is 29.1. The van der Waals surface area contributed by atoms with Crippen LogP contribution in [-0.4, -0.2) is 33.4 Å². The number of aromatic nitrogens is 2. The highest BCUT2D eigenvalue weighted by atomic mass is 19.2. The number of halogens is 2. The minimum Gasteiger partial charge on any atom is -0.338 e. The molecule has 3 aromatic rings. The van der Waals surface area contributed by atoms with E-state index < -0.39 is 17.5 Å². The summed E-state index contributed by atoms with van der Waals surface area (Å²) in [5, 5.41) is 0. The molecule has 2 aromatic carbocycles. The number of H-pyrrole nitrogens is 1. The van der Waals surface area contributed by atoms with Crippen LogP contribution >= 0.6 is 0 Å². The van der Waals surface area contributed by atoms with E-state index >= 15 is 0 Å². The Bertz CT molecular complexity index is 1030. The van der Waals surface area contributed by atoms with E-state index in [9.17, 15) is 18.4 Å². The molecule has 1 aliphatic rings. The molecule has 1 aromatic heterocycles. The number of aromatic amines is 1. The first-order chi connectivity index (χ1) is 12.6. The Labute approximate surface area is 147 Å². The first-order valence-corrected chi connectivity index (χ1v) is 8.49. The lowest BCUT2D eigenvalue weighted by molar-refractivity contribution is 0.0689. The Morgan fingerprint density at radius 3 is 2.54 bits per heavy atom. The summed E-state index contributed by atoms with van der Waals surface area (Å²) in [5.74, 6) is -2.67. The van der Waals surface area contributed by atoms with Crippen molar-refractivity contribution in [2.24, 2.45) is 0 Å². The zero-order chi connectivity index (χ0) is 18.3. The molecule has 1 saturated heterocycles. The van der Waals surface area contributed by atoms with Gasteiger partial charge in [-0.25, -0.2) is 13.6 Å². The van der Waals surface area contributed by atoms with E-state index in [1.54, 1.807) is 4.57 Å². The third kappa shape index (κ3) is 2.69. The quantitative estimate of drug-likeness (QED) is 0.766. The van der Waals surface area contributed by atoms with Crippen LogP contribution in [0.5, 0.6) is 0 Å². The molecule has 0 aliphatic carbocycles. The molecule has 1 amide bonds. The first-order valence-electron chi connectivity index (χ1n) is 8.49. The van der Waals surface area contributed by atoms with Gasteiger partial charge >= 0.3 is 5.69 Å². The van der Waals surface area contributed by atoms with Gasteiger partial charge in [0.2, 0.25) is 0 Å². The molecular weight excluding hydrogens is 340 g/mol. The lowest BCUT2D eigenvalue weighted by atomic mass is 10.0. The number of hydrogen-bond acceptors (Lipinski definition) is 2. The van der Waals surface area contributed by atoms with Crippen molar-refractivity contribution in [2.45, 2.75) is 18.9 Å². The van der Waals surface area contributed by atoms with E-state index in [1.165, 1.54) is 17.0 Å². The number of benzene rings is 2. The van der Waals surface area contributed by atoms with Gasteiger partial charge in [-0.3, -0.25) is 9.36 Å². The predicted molar refractivity (Wildman–Crippen MR) is 93.1 cm³/mol. The minimum absolute atomic E-state index is 0.0416. The smallest absolute Gasteiger partial charge is 0.326 e. The second kappa shape index (κ2) is 6.40. The molecule has 0 spiro atoms. The Kier molecular flexibility index (Phi) is 4.06. The van der Waals surface area contributed by atoms with Gasteiger partial charge in [0.25, 0.3) is 5.91 Å². The highest BCUT2D eigenvalue weighted by Gasteiger charge is 2.28. The van der Waals surface area contributed by atoms with E-state index in [2.05, 4.69) is 4.98 Å². The second-order valence-corrected chi connectivity index (χ2v) is 6.44. The summed E-state index contributed by atoms with van der Waals surface area (Å²) in [6, 6.07) is 11.0. The van der Waals surface area contributed by atoms with Crippen LogP contribution in [0, 0.1) is 11.6 Å². The van der Waals surface area contributed by atoms with E-state index in [4.69, 9.17) is 0 Å². The van der Waals surface area contributed by atoms with Crippen LogP contribution in [0.15, 0.2) is 47.3 Å². The lowest BCUT2D eigenvalue weighted by Gasteiger charge is -2.32. The highest BCUT2D eigenvalue weighted by Crippen LogP contribution is 2.26. The van der Waals surface area contributed by atoms with Crippen LogP contribution < -0.4 is 5.69 Å². The Morgan fingerprint density at radius 1 is 1.04 bits per heavy atom. The minimum atomic E-state index is -1.12. The van der Waals surface area contributed by atoms with Gasteiger partial charge in [-0.15, -0.1) is 0 Å². The third-order valence-corrected chi connectivity index (χ3v) is 4.92. The van der Waals surface area contributed by atoms with Gasteiger partial charge in [0.1, 0.15) is 0 Å². The van der Waals surface area contributed by atoms with E-state index in [0.29, 0.717) is 25.9 Å². The maximum absolute atomic E-state index is 13.9. The normalized spacial score (nSPS) is 15.5. The zero-order valence-electron chi connectivity index (χ0n) is 13.9. The second-order valence-electron chi connectivity index (χ2n) is 6.44. The third-order valence-electron chi connectivity index (χ3n) is 4.92. The molecule has 0 saturated carbocycles. The Morgan fingerprint density at radius 2 is 1.77 bits per heavy atom. The molecule has 0 unspecified atom stereocenters. The maximum atomic E-state index is 13.9. The number of para-hydroxylation sites is 2. The van der Waals surface area contributed by atoms with Crippen LogP contribution in [0.3, 0.4) is 0 Å². The molecule has 7 heteroatoms. The van der Waals surface area contributed by atoms with Crippen LogP contribution in [-0.2, 0) is 0 Å². The number of amides is 1. The van der Waals surface area contributed by atoms with Crippen molar-refractivity contribution >= 4 is 16.9 Å². The summed E-state index contributed by atoms with van der Waals surface area (Å²) in [6.45, 7) is 0.761. The number of rotatable bonds is 2. The van der Waals surface area contributed by atoms with Crippen molar-refractivity contribution in [3.63, 3.8) is 0 Å². The molecule has 134 valence electrons. The van der Waals surface area contributed by atoms with E-state index in [-0.39, 0.29) is 17.3 Å². The van der Waals surface area contributed by atoms with Gasteiger partial charge < -0.3 is 9.88 Å². The van der Waals surface area contributed by atoms with Crippen LogP contribution in [0.4, 0.5) is 8.78 Å². The Hall–Kier alpha value is -2.96. The average molecular weight is 357 g/mol. The number of imidazole rings is 1. The highest BCUT2D eigenvalue weighted by molar-refractivity contribution is 5.94. The summed E-state index contributed by atoms with van der Waals surface area (Å²) in [5.41, 5.74) is 1.18. The standard InChI is InChI=1S/C19H17F2N3O2/c20-14-5-3-4-13(17(14)21)18(25)23-10-8-12(9-11-23)24-16-7-2-1-6-15(16)22-19(24)26/h1-7,12H,8-11H2,(H,22,26). The van der Waals surface area contributed by atoms with Gasteiger partial charge in [-0.2, -0.15) is 0 Å². The topological polar surface area (TPSA) is 58.1 Å². The lowest BCUT2D eigenvalue weighted by Crippen LogP contribution is -2.40. The molecule has 1 N–H and O–H groups in total. The van der Waals surface area contributed by atoms with E-state index in [1.807, 2.05) is 24.3 Å². The van der Waals surface area contributed by atoms with Crippen molar-refractivity contribution < 1.29 is 13.6 Å². The molecule has 0 atom stereocenters. The van der Waals surface area contributed by atoms with Gasteiger partial charge in [0.05, 0.1) is 16.6 Å². The molecule has 4 rings (SSSR count). The van der Waals surface area contributed by atoms with Gasteiger partial charge in [0, 0.05) is 19.1 Å². The number of carbonyl (C=O) groups is 1. The first kappa shape index (κ1) is 16.5. The molecule has 1 aliphatic heterocycles. The summed E-state index contributed by atoms with van der Waals surface area (Å²) < 4.78 is 28.9. The summed E-state index contributed by atoms with van der Waals surface area (Å²) in [6.07, 6.45) is 1.15. The van der Waals surface area contributed by atoms with Crippen molar-refractivity contribution in [1.29, 1.82) is 0 Å². The molecule has 5 nitrogen and oxygen atoms in total. The maximum Gasteiger partial charge on any atom is 0.326 e. The summed E-state index contributed by atoms with van der Waals surface area (Å²) >= 11 is 0. The molecule has 2 heterocycles. The van der Waals surface area contributed by atoms with Crippen molar-refractivity contribution in [1.82, 2.24) is 14.5 Å². The SMILES string of the molecule is O=C(c1cccc(F)c1F)N1CCC(n2c(=O)[nH]c3ccccc32)CC1. The van der Waals surface area contributed by atoms with Gasteiger partial charge in [-0.1, -0.05) is 18.2 Å². The predicted octanol–water partition coefficient (Wildman–Crippen LogP) is 3.09. The number of piperidine rings is 1. The number of fused-ring (bicyclic) bond motifs is 1. The van der Waals surface area contributed by atoms with Crippen molar-refractivity contribution in [2.75, 3.05) is 13.1 Å². The number of hydrogen-bond donors (Lipinski definition) is 1. The van der Waals surface area contributed by atoms with Crippen LogP contribution in [0.25, 0.3) is 11.0 Å². The molecule has 0 radical (unpaired) electrons. The Balaban J connectivity index is 1.54. The van der Waals surface area contributed by atoms with Gasteiger partial charge in [-0.05, 0) is 37.1 Å². The largest absolute Gasteiger partial charge is 0.338 e. The van der Waals surface area contributed by atoms with Gasteiger partial charge in [0.15, 0.2) is 11.6 Å². The molecule has 1 fully saturated rings. The van der Waals surface area contributed by atoms with Crippen LogP contribution in [0.1, 0.15) is 29.2 Å². The average Bonchev–Trinajstić information content (AvgIpc) is 2.99. The van der Waals surface area contributed by atoms with E-state index in [0.717, 1.165) is 17.1 Å². The fraction of sp³-hybridized carbons (Fsp3) is 0.263. The fourth-order valence-electron chi connectivity index (χ4n) is 3.60. The molecule has 0 bridgehead atoms. The van der Waals surface area contributed by atoms with Crippen molar-refractivity contribution in [3.8, 4) is 0 Å². The number of nitrogens with zero attached hydrogens (tertiary/aromatic N) is 2. The molecule has 26 heavy (non-hydrogen) atoms. The summed E-state index contributed by atoms with van der Waals surface area (Å²) in [7, 11) is 0. The monoisotopic (exact) mass is 357 g/mol. The number of likely N-dealkylation sites (tertiary alicyclic amines) is 1. The fourth-order valence-corrected chi connectivity index (χ4v) is 3.60. The molecular formula is C19H17F2N3O2. The van der Waals surface area contributed by atoms with Crippen LogP contribution in [0.2, 0.25) is 0 Å². The van der Waals surface area contributed by atoms with Crippen molar-refractivity contribution in [3.05, 3.63) is 70.1 Å².